The zero-order chi connectivity index (χ0) is 14.9. The highest BCUT2D eigenvalue weighted by Crippen LogP contribution is 2.27. The standard InChI is InChI=1S/C14H18N4O2S/c1-21(19,20)18-7-6-17(10-13-8-15-11-16-13)9-12-4-2-3-5-14(12)18/h2-5,8,11H,6-7,9-10H2,1H3,(H,15,16). The van der Waals surface area contributed by atoms with E-state index in [2.05, 4.69) is 14.9 Å². The molecule has 0 fully saturated rings. The highest BCUT2D eigenvalue weighted by molar-refractivity contribution is 7.92. The van der Waals surface area contributed by atoms with Gasteiger partial charge in [0.05, 0.1) is 18.3 Å². The SMILES string of the molecule is CS(=O)(=O)N1CCN(Cc2cnc[nH]2)Cc2ccccc21. The first-order valence-electron chi connectivity index (χ1n) is 6.79. The van der Waals surface area contributed by atoms with E-state index in [9.17, 15) is 8.42 Å². The Morgan fingerprint density at radius 1 is 1.29 bits per heavy atom. The Labute approximate surface area is 124 Å². The zero-order valence-corrected chi connectivity index (χ0v) is 12.7. The van der Waals surface area contributed by atoms with E-state index in [0.29, 0.717) is 13.1 Å². The van der Waals surface area contributed by atoms with Crippen LogP contribution in [0.5, 0.6) is 0 Å². The van der Waals surface area contributed by atoms with Crippen LogP contribution in [0.15, 0.2) is 36.8 Å². The molecule has 112 valence electrons. The van der Waals surface area contributed by atoms with E-state index in [4.69, 9.17) is 0 Å². The topological polar surface area (TPSA) is 69.3 Å². The van der Waals surface area contributed by atoms with Crippen molar-refractivity contribution >= 4 is 15.7 Å². The van der Waals surface area contributed by atoms with Crippen LogP contribution in [0, 0.1) is 0 Å². The maximum atomic E-state index is 12.0. The van der Waals surface area contributed by atoms with Gasteiger partial charge >= 0.3 is 0 Å². The van der Waals surface area contributed by atoms with Crippen LogP contribution in [0.4, 0.5) is 5.69 Å². The van der Waals surface area contributed by atoms with Crippen LogP contribution < -0.4 is 4.31 Å². The normalized spacial score (nSPS) is 16.5. The van der Waals surface area contributed by atoms with Gasteiger partial charge < -0.3 is 4.98 Å². The monoisotopic (exact) mass is 306 g/mol. The number of hydrogen-bond donors (Lipinski definition) is 1. The second kappa shape index (κ2) is 5.50. The van der Waals surface area contributed by atoms with Crippen molar-refractivity contribution in [1.29, 1.82) is 0 Å². The molecule has 1 aliphatic heterocycles. The first-order chi connectivity index (χ1) is 10.0. The summed E-state index contributed by atoms with van der Waals surface area (Å²) in [4.78, 5) is 9.33. The van der Waals surface area contributed by atoms with Gasteiger partial charge in [0.1, 0.15) is 0 Å². The van der Waals surface area contributed by atoms with Gasteiger partial charge in [0.2, 0.25) is 10.0 Å². The molecule has 0 spiro atoms. The molecule has 0 amide bonds. The van der Waals surface area contributed by atoms with E-state index in [-0.39, 0.29) is 0 Å². The molecule has 21 heavy (non-hydrogen) atoms. The van der Waals surface area contributed by atoms with Crippen molar-refractivity contribution in [2.75, 3.05) is 23.7 Å². The number of sulfonamides is 1. The van der Waals surface area contributed by atoms with Gasteiger partial charge in [-0.25, -0.2) is 13.4 Å². The van der Waals surface area contributed by atoms with E-state index < -0.39 is 10.0 Å². The average Bonchev–Trinajstić information content (AvgIpc) is 2.84. The maximum absolute atomic E-state index is 12.0. The summed E-state index contributed by atoms with van der Waals surface area (Å²) in [5.74, 6) is 0. The zero-order valence-electron chi connectivity index (χ0n) is 11.9. The first-order valence-corrected chi connectivity index (χ1v) is 8.64. The number of aromatic amines is 1. The number of anilines is 1. The fourth-order valence-corrected chi connectivity index (χ4v) is 3.60. The van der Waals surface area contributed by atoms with Gasteiger partial charge in [-0.05, 0) is 11.6 Å². The number of imidazole rings is 1. The van der Waals surface area contributed by atoms with Gasteiger partial charge in [0, 0.05) is 38.1 Å². The van der Waals surface area contributed by atoms with E-state index in [1.54, 1.807) is 12.5 Å². The van der Waals surface area contributed by atoms with Gasteiger partial charge in [0.15, 0.2) is 0 Å². The predicted octanol–water partition coefficient (Wildman–Crippen LogP) is 1.19. The Morgan fingerprint density at radius 2 is 2.10 bits per heavy atom. The van der Waals surface area contributed by atoms with Gasteiger partial charge in [0.25, 0.3) is 0 Å². The molecule has 0 saturated heterocycles. The van der Waals surface area contributed by atoms with Gasteiger partial charge in [-0.1, -0.05) is 18.2 Å². The molecule has 0 saturated carbocycles. The van der Waals surface area contributed by atoms with E-state index in [1.807, 2.05) is 24.3 Å². The van der Waals surface area contributed by atoms with Gasteiger partial charge in [-0.3, -0.25) is 9.21 Å². The van der Waals surface area contributed by atoms with E-state index in [0.717, 1.165) is 30.0 Å². The van der Waals surface area contributed by atoms with Crippen LogP contribution in [-0.4, -0.2) is 42.6 Å². The predicted molar refractivity (Wildman–Crippen MR) is 81.3 cm³/mol. The highest BCUT2D eigenvalue weighted by atomic mass is 32.2. The lowest BCUT2D eigenvalue weighted by atomic mass is 10.1. The number of nitrogens with one attached hydrogen (secondary N) is 1. The molecule has 0 atom stereocenters. The molecule has 1 aliphatic rings. The molecule has 1 aromatic carbocycles. The number of hydrogen-bond acceptors (Lipinski definition) is 4. The molecular weight excluding hydrogens is 288 g/mol. The lowest BCUT2D eigenvalue weighted by Crippen LogP contribution is -2.35. The molecule has 2 heterocycles. The van der Waals surface area contributed by atoms with Crippen molar-refractivity contribution in [2.45, 2.75) is 13.1 Å². The van der Waals surface area contributed by atoms with Crippen LogP contribution in [-0.2, 0) is 23.1 Å². The number of benzene rings is 1. The minimum Gasteiger partial charge on any atom is -0.347 e. The van der Waals surface area contributed by atoms with Crippen LogP contribution in [0.1, 0.15) is 11.3 Å². The molecule has 2 aromatic rings. The Kier molecular flexibility index (Phi) is 3.69. The minimum absolute atomic E-state index is 0.462. The summed E-state index contributed by atoms with van der Waals surface area (Å²) in [6.45, 7) is 2.60. The molecular formula is C14H18N4O2S. The van der Waals surface area contributed by atoms with Gasteiger partial charge in [-0.2, -0.15) is 0 Å². The number of aromatic nitrogens is 2. The molecule has 7 heteroatoms. The fraction of sp³-hybridized carbons (Fsp3) is 0.357. The lowest BCUT2D eigenvalue weighted by molar-refractivity contribution is 0.267. The first kappa shape index (κ1) is 14.1. The third-order valence-electron chi connectivity index (χ3n) is 3.62. The van der Waals surface area contributed by atoms with Crippen LogP contribution >= 0.6 is 0 Å². The summed E-state index contributed by atoms with van der Waals surface area (Å²) >= 11 is 0. The second-order valence-electron chi connectivity index (χ2n) is 5.25. The van der Waals surface area contributed by atoms with Crippen molar-refractivity contribution in [3.8, 4) is 0 Å². The molecule has 1 N–H and O–H groups in total. The summed E-state index contributed by atoms with van der Waals surface area (Å²) in [6.07, 6.45) is 4.71. The summed E-state index contributed by atoms with van der Waals surface area (Å²) < 4.78 is 25.5. The number of rotatable bonds is 3. The van der Waals surface area contributed by atoms with Crippen molar-refractivity contribution in [3.05, 3.63) is 48.0 Å². The Balaban J connectivity index is 1.90. The molecule has 1 aromatic heterocycles. The van der Waals surface area contributed by atoms with E-state index >= 15 is 0 Å². The number of H-pyrrole nitrogens is 1. The quantitative estimate of drug-likeness (QED) is 0.925. The van der Waals surface area contributed by atoms with Crippen LogP contribution in [0.25, 0.3) is 0 Å². The lowest BCUT2D eigenvalue weighted by Gasteiger charge is -2.22. The average molecular weight is 306 g/mol. The Bertz CT molecular complexity index is 712. The fourth-order valence-electron chi connectivity index (χ4n) is 2.65. The smallest absolute Gasteiger partial charge is 0.232 e. The number of para-hydroxylation sites is 1. The van der Waals surface area contributed by atoms with Crippen molar-refractivity contribution in [1.82, 2.24) is 14.9 Å². The van der Waals surface area contributed by atoms with Gasteiger partial charge in [-0.15, -0.1) is 0 Å². The molecule has 0 aliphatic carbocycles. The molecule has 0 unspecified atom stereocenters. The number of nitrogens with zero attached hydrogens (tertiary/aromatic N) is 3. The molecule has 3 rings (SSSR count). The molecule has 0 radical (unpaired) electrons. The summed E-state index contributed by atoms with van der Waals surface area (Å²) in [5.41, 5.74) is 2.84. The van der Waals surface area contributed by atoms with Crippen molar-refractivity contribution in [3.63, 3.8) is 0 Å². The Morgan fingerprint density at radius 3 is 2.81 bits per heavy atom. The second-order valence-corrected chi connectivity index (χ2v) is 7.16. The van der Waals surface area contributed by atoms with Crippen molar-refractivity contribution < 1.29 is 8.42 Å². The summed E-state index contributed by atoms with van der Waals surface area (Å²) in [7, 11) is -3.26. The van der Waals surface area contributed by atoms with E-state index in [1.165, 1.54) is 10.6 Å². The van der Waals surface area contributed by atoms with Crippen molar-refractivity contribution in [2.24, 2.45) is 0 Å². The minimum atomic E-state index is -3.26. The number of fused-ring (bicyclic) bond motifs is 1. The summed E-state index contributed by atoms with van der Waals surface area (Å²) in [5, 5.41) is 0. The molecule has 6 nitrogen and oxygen atoms in total. The molecule has 0 bridgehead atoms. The maximum Gasteiger partial charge on any atom is 0.232 e. The summed E-state index contributed by atoms with van der Waals surface area (Å²) in [6, 6.07) is 7.68. The third-order valence-corrected chi connectivity index (χ3v) is 4.80. The van der Waals surface area contributed by atoms with Crippen LogP contribution in [0.3, 0.4) is 0 Å². The Hall–Kier alpha value is -1.86. The highest BCUT2D eigenvalue weighted by Gasteiger charge is 2.25. The van der Waals surface area contributed by atoms with Crippen LogP contribution in [0.2, 0.25) is 0 Å². The largest absolute Gasteiger partial charge is 0.347 e. The third kappa shape index (κ3) is 3.08.